The summed E-state index contributed by atoms with van der Waals surface area (Å²) in [5.41, 5.74) is 0. The van der Waals surface area contributed by atoms with E-state index in [0.717, 1.165) is 25.2 Å². The van der Waals surface area contributed by atoms with Gasteiger partial charge in [-0.2, -0.15) is 0 Å². The van der Waals surface area contributed by atoms with Crippen molar-refractivity contribution in [2.45, 2.75) is 51.0 Å². The van der Waals surface area contributed by atoms with E-state index in [9.17, 15) is 0 Å². The van der Waals surface area contributed by atoms with Crippen molar-refractivity contribution in [2.24, 2.45) is 5.92 Å². The number of nitrogens with one attached hydrogen (secondary N) is 1. The number of ether oxygens (including phenoxy) is 1. The monoisotopic (exact) mass is 254 g/mol. The highest BCUT2D eigenvalue weighted by molar-refractivity contribution is 4.73. The molecule has 1 heterocycles. The summed E-state index contributed by atoms with van der Waals surface area (Å²) in [6.45, 7) is 5.58. The Labute approximate surface area is 112 Å². The highest BCUT2D eigenvalue weighted by Gasteiger charge is 2.16. The second-order valence-corrected chi connectivity index (χ2v) is 6.13. The molecule has 0 aromatic rings. The van der Waals surface area contributed by atoms with Gasteiger partial charge in [0.05, 0.1) is 6.61 Å². The Kier molecular flexibility index (Phi) is 6.46. The van der Waals surface area contributed by atoms with Gasteiger partial charge in [-0.05, 0) is 58.2 Å². The molecule has 1 aliphatic carbocycles. The molecule has 0 bridgehead atoms. The highest BCUT2D eigenvalue weighted by atomic mass is 16.5. The molecule has 106 valence electrons. The second kappa shape index (κ2) is 8.13. The van der Waals surface area contributed by atoms with E-state index in [1.54, 1.807) is 0 Å². The Morgan fingerprint density at radius 3 is 2.72 bits per heavy atom. The smallest absolute Gasteiger partial charge is 0.0506 e. The Hall–Kier alpha value is -0.120. The Morgan fingerprint density at radius 1 is 1.17 bits per heavy atom. The quantitative estimate of drug-likeness (QED) is 0.705. The predicted octanol–water partition coefficient (Wildman–Crippen LogP) is 2.27. The molecule has 0 radical (unpaired) electrons. The number of rotatable bonds is 7. The zero-order valence-electron chi connectivity index (χ0n) is 12.0. The molecule has 0 aromatic carbocycles. The minimum atomic E-state index is 0.770. The van der Waals surface area contributed by atoms with Gasteiger partial charge in [-0.15, -0.1) is 0 Å². The Bertz CT molecular complexity index is 211. The molecule has 2 rings (SSSR count). The van der Waals surface area contributed by atoms with Crippen LogP contribution in [0.25, 0.3) is 0 Å². The van der Waals surface area contributed by atoms with E-state index >= 15 is 0 Å². The van der Waals surface area contributed by atoms with E-state index in [-0.39, 0.29) is 0 Å². The number of nitrogens with zero attached hydrogens (tertiary/aromatic N) is 1. The van der Waals surface area contributed by atoms with Gasteiger partial charge in [0, 0.05) is 19.2 Å². The van der Waals surface area contributed by atoms with Crippen molar-refractivity contribution in [3.8, 4) is 0 Å². The van der Waals surface area contributed by atoms with Crippen LogP contribution in [-0.2, 0) is 4.74 Å². The molecule has 1 unspecified atom stereocenters. The van der Waals surface area contributed by atoms with Gasteiger partial charge < -0.3 is 15.0 Å². The second-order valence-electron chi connectivity index (χ2n) is 6.13. The lowest BCUT2D eigenvalue weighted by atomic mass is 10.0. The van der Waals surface area contributed by atoms with Crippen molar-refractivity contribution in [1.29, 1.82) is 0 Å². The molecule has 1 N–H and O–H groups in total. The summed E-state index contributed by atoms with van der Waals surface area (Å²) >= 11 is 0. The first kappa shape index (κ1) is 14.3. The predicted molar refractivity (Wildman–Crippen MR) is 75.9 cm³/mol. The first-order chi connectivity index (χ1) is 8.84. The minimum absolute atomic E-state index is 0.770. The average Bonchev–Trinajstić information content (AvgIpc) is 2.89. The average molecular weight is 254 g/mol. The van der Waals surface area contributed by atoms with E-state index in [1.165, 1.54) is 64.6 Å². The van der Waals surface area contributed by atoms with Crippen LogP contribution in [0.4, 0.5) is 0 Å². The Balaban J connectivity index is 1.47. The molecule has 1 atom stereocenters. The van der Waals surface area contributed by atoms with Crippen LogP contribution in [0.3, 0.4) is 0 Å². The molecule has 3 heteroatoms. The number of hydrogen-bond acceptors (Lipinski definition) is 3. The molecule has 18 heavy (non-hydrogen) atoms. The normalized spacial score (nSPS) is 26.0. The molecule has 3 nitrogen and oxygen atoms in total. The van der Waals surface area contributed by atoms with Crippen LogP contribution >= 0.6 is 0 Å². The van der Waals surface area contributed by atoms with Gasteiger partial charge in [0.15, 0.2) is 0 Å². The van der Waals surface area contributed by atoms with E-state index < -0.39 is 0 Å². The Morgan fingerprint density at radius 2 is 2.00 bits per heavy atom. The molecule has 0 aromatic heterocycles. The molecule has 1 saturated carbocycles. The first-order valence-corrected chi connectivity index (χ1v) is 7.84. The van der Waals surface area contributed by atoms with Crippen molar-refractivity contribution >= 4 is 0 Å². The molecule has 1 aliphatic heterocycles. The third-order valence-corrected chi connectivity index (χ3v) is 4.33. The SMILES string of the molecule is CN(CCCNC1CCCC1)CC1CCCOC1. The molecular weight excluding hydrogens is 224 g/mol. The summed E-state index contributed by atoms with van der Waals surface area (Å²) in [5.74, 6) is 0.770. The summed E-state index contributed by atoms with van der Waals surface area (Å²) in [6, 6.07) is 0.821. The van der Waals surface area contributed by atoms with Gasteiger partial charge in [-0.3, -0.25) is 0 Å². The fourth-order valence-electron chi connectivity index (χ4n) is 3.27. The van der Waals surface area contributed by atoms with Crippen LogP contribution in [-0.4, -0.2) is 50.8 Å². The third-order valence-electron chi connectivity index (χ3n) is 4.33. The summed E-state index contributed by atoms with van der Waals surface area (Å²) in [7, 11) is 2.25. The van der Waals surface area contributed by atoms with Crippen LogP contribution in [0.2, 0.25) is 0 Å². The number of hydrogen-bond donors (Lipinski definition) is 1. The van der Waals surface area contributed by atoms with Crippen LogP contribution in [0.5, 0.6) is 0 Å². The third kappa shape index (κ3) is 5.25. The highest BCUT2D eigenvalue weighted by Crippen LogP contribution is 2.17. The van der Waals surface area contributed by atoms with Crippen LogP contribution in [0, 0.1) is 5.92 Å². The van der Waals surface area contributed by atoms with Crippen molar-refractivity contribution in [3.63, 3.8) is 0 Å². The topological polar surface area (TPSA) is 24.5 Å². The minimum Gasteiger partial charge on any atom is -0.381 e. The summed E-state index contributed by atoms with van der Waals surface area (Å²) in [5, 5.41) is 3.69. The molecular formula is C15H30N2O. The maximum atomic E-state index is 5.54. The molecule has 2 aliphatic rings. The van der Waals surface area contributed by atoms with Crippen LogP contribution in [0.15, 0.2) is 0 Å². The molecule has 1 saturated heterocycles. The summed E-state index contributed by atoms with van der Waals surface area (Å²) in [4.78, 5) is 2.48. The van der Waals surface area contributed by atoms with Gasteiger partial charge in [0.2, 0.25) is 0 Å². The standard InChI is InChI=1S/C15H30N2O/c1-17(12-14-6-4-11-18-13-14)10-5-9-16-15-7-2-3-8-15/h14-16H,2-13H2,1H3. The zero-order valence-corrected chi connectivity index (χ0v) is 12.0. The van der Waals surface area contributed by atoms with Gasteiger partial charge in [-0.25, -0.2) is 0 Å². The lowest BCUT2D eigenvalue weighted by Crippen LogP contribution is -2.33. The van der Waals surface area contributed by atoms with Gasteiger partial charge in [0.25, 0.3) is 0 Å². The van der Waals surface area contributed by atoms with E-state index in [1.807, 2.05) is 0 Å². The fourth-order valence-corrected chi connectivity index (χ4v) is 3.27. The molecule has 0 amide bonds. The largest absolute Gasteiger partial charge is 0.381 e. The summed E-state index contributed by atoms with van der Waals surface area (Å²) < 4.78 is 5.54. The van der Waals surface area contributed by atoms with E-state index in [2.05, 4.69) is 17.3 Å². The van der Waals surface area contributed by atoms with Gasteiger partial charge in [0.1, 0.15) is 0 Å². The molecule has 2 fully saturated rings. The van der Waals surface area contributed by atoms with Gasteiger partial charge >= 0.3 is 0 Å². The van der Waals surface area contributed by atoms with Crippen molar-refractivity contribution < 1.29 is 4.74 Å². The van der Waals surface area contributed by atoms with Crippen molar-refractivity contribution in [2.75, 3.05) is 39.9 Å². The zero-order chi connectivity index (χ0) is 12.6. The lowest BCUT2D eigenvalue weighted by Gasteiger charge is -2.27. The van der Waals surface area contributed by atoms with Gasteiger partial charge in [-0.1, -0.05) is 12.8 Å². The van der Waals surface area contributed by atoms with Crippen molar-refractivity contribution in [1.82, 2.24) is 10.2 Å². The summed E-state index contributed by atoms with van der Waals surface area (Å²) in [6.07, 6.45) is 9.54. The maximum absolute atomic E-state index is 5.54. The van der Waals surface area contributed by atoms with Crippen LogP contribution in [0.1, 0.15) is 44.9 Å². The lowest BCUT2D eigenvalue weighted by molar-refractivity contribution is 0.0419. The fraction of sp³-hybridized carbons (Fsp3) is 1.00. The maximum Gasteiger partial charge on any atom is 0.0506 e. The van der Waals surface area contributed by atoms with E-state index in [4.69, 9.17) is 4.74 Å². The first-order valence-electron chi connectivity index (χ1n) is 7.84. The van der Waals surface area contributed by atoms with Crippen molar-refractivity contribution in [3.05, 3.63) is 0 Å². The van der Waals surface area contributed by atoms with E-state index in [0.29, 0.717) is 0 Å². The molecule has 0 spiro atoms. The van der Waals surface area contributed by atoms with Crippen LogP contribution < -0.4 is 5.32 Å².